The van der Waals surface area contributed by atoms with Gasteiger partial charge in [0.25, 0.3) is 5.91 Å². The van der Waals surface area contributed by atoms with E-state index in [0.717, 1.165) is 24.7 Å². The first-order valence-corrected chi connectivity index (χ1v) is 11.0. The Morgan fingerprint density at radius 1 is 1.17 bits per heavy atom. The lowest BCUT2D eigenvalue weighted by Gasteiger charge is -2.13. The molecule has 0 aliphatic rings. The predicted molar refractivity (Wildman–Crippen MR) is 130 cm³/mol. The van der Waals surface area contributed by atoms with Crippen LogP contribution in [-0.4, -0.2) is 19.2 Å². The second-order valence-electron chi connectivity index (χ2n) is 6.46. The molecule has 30 heavy (non-hydrogen) atoms. The van der Waals surface area contributed by atoms with Gasteiger partial charge in [0.15, 0.2) is 11.5 Å². The van der Waals surface area contributed by atoms with Gasteiger partial charge >= 0.3 is 0 Å². The van der Waals surface area contributed by atoms with E-state index in [0.29, 0.717) is 23.7 Å². The van der Waals surface area contributed by atoms with Crippen molar-refractivity contribution in [2.75, 3.05) is 7.11 Å². The third-order valence-corrected chi connectivity index (χ3v) is 5.65. The topological polar surface area (TPSA) is 59.9 Å². The number of nitrogens with zero attached hydrogens (tertiary/aromatic N) is 1. The Hall–Kier alpha value is -2.39. The molecule has 3 aromatic carbocycles. The number of benzene rings is 3. The highest BCUT2D eigenvalue weighted by molar-refractivity contribution is 14.1. The summed E-state index contributed by atoms with van der Waals surface area (Å²) in [7, 11) is 1.60. The molecule has 5 nitrogen and oxygen atoms in total. The van der Waals surface area contributed by atoms with Gasteiger partial charge in [0, 0.05) is 10.0 Å². The first-order valence-electron chi connectivity index (χ1n) is 9.11. The lowest BCUT2D eigenvalue weighted by molar-refractivity contribution is 0.0954. The number of ether oxygens (including phenoxy) is 2. The predicted octanol–water partition coefficient (Wildman–Crippen LogP) is 5.71. The standard InChI is InChI=1S/C23H20BrIN2O3/c1-15-5-3-4-6-19(15)23(28)27-26-13-17-11-20(25)22(21(12-17)29-2)30-14-16-7-9-18(24)10-8-16/h3-13H,14H2,1-2H3,(H,27,28)/b26-13-. The Kier molecular flexibility index (Phi) is 7.87. The highest BCUT2D eigenvalue weighted by Gasteiger charge is 2.12. The summed E-state index contributed by atoms with van der Waals surface area (Å²) in [4.78, 5) is 12.3. The zero-order valence-electron chi connectivity index (χ0n) is 16.5. The lowest BCUT2D eigenvalue weighted by Crippen LogP contribution is -2.18. The van der Waals surface area contributed by atoms with E-state index < -0.39 is 0 Å². The summed E-state index contributed by atoms with van der Waals surface area (Å²) in [5.74, 6) is 1.02. The SMILES string of the molecule is COc1cc(/C=N\NC(=O)c2ccccc2C)cc(I)c1OCc1ccc(Br)cc1. The highest BCUT2D eigenvalue weighted by atomic mass is 127. The number of rotatable bonds is 7. The van der Waals surface area contributed by atoms with E-state index in [2.05, 4.69) is 49.0 Å². The number of nitrogens with one attached hydrogen (secondary N) is 1. The van der Waals surface area contributed by atoms with Gasteiger partial charge in [-0.1, -0.05) is 46.3 Å². The fourth-order valence-electron chi connectivity index (χ4n) is 2.74. The quantitative estimate of drug-likeness (QED) is 0.222. The molecule has 0 aliphatic heterocycles. The van der Waals surface area contributed by atoms with Crippen molar-refractivity contribution in [2.24, 2.45) is 5.10 Å². The minimum atomic E-state index is -0.250. The lowest BCUT2D eigenvalue weighted by atomic mass is 10.1. The Labute approximate surface area is 197 Å². The minimum absolute atomic E-state index is 0.250. The molecule has 3 aromatic rings. The maximum absolute atomic E-state index is 12.3. The number of hydrogen-bond acceptors (Lipinski definition) is 4. The molecule has 0 saturated carbocycles. The molecule has 0 aromatic heterocycles. The smallest absolute Gasteiger partial charge is 0.271 e. The van der Waals surface area contributed by atoms with E-state index in [-0.39, 0.29) is 5.91 Å². The molecule has 0 heterocycles. The third kappa shape index (κ3) is 5.82. The number of carbonyl (C=O) groups is 1. The van der Waals surface area contributed by atoms with Gasteiger partial charge in [-0.3, -0.25) is 4.79 Å². The van der Waals surface area contributed by atoms with E-state index in [1.54, 1.807) is 19.4 Å². The molecule has 3 rings (SSSR count). The fraction of sp³-hybridized carbons (Fsp3) is 0.130. The third-order valence-electron chi connectivity index (χ3n) is 4.32. The molecule has 0 aliphatic carbocycles. The summed E-state index contributed by atoms with van der Waals surface area (Å²) in [5.41, 5.74) is 5.90. The maximum Gasteiger partial charge on any atom is 0.271 e. The van der Waals surface area contributed by atoms with Gasteiger partial charge < -0.3 is 9.47 Å². The van der Waals surface area contributed by atoms with Crippen molar-refractivity contribution in [3.8, 4) is 11.5 Å². The number of hydrazone groups is 1. The van der Waals surface area contributed by atoms with Gasteiger partial charge in [-0.15, -0.1) is 0 Å². The van der Waals surface area contributed by atoms with Crippen LogP contribution in [0.15, 0.2) is 70.2 Å². The molecule has 0 atom stereocenters. The van der Waals surface area contributed by atoms with Crippen molar-refractivity contribution < 1.29 is 14.3 Å². The van der Waals surface area contributed by atoms with Crippen LogP contribution in [0.5, 0.6) is 11.5 Å². The van der Waals surface area contributed by atoms with Crippen LogP contribution < -0.4 is 14.9 Å². The van der Waals surface area contributed by atoms with Crippen LogP contribution in [0.25, 0.3) is 0 Å². The van der Waals surface area contributed by atoms with Gasteiger partial charge in [0.2, 0.25) is 0 Å². The molecule has 0 radical (unpaired) electrons. The van der Waals surface area contributed by atoms with E-state index in [4.69, 9.17) is 9.47 Å². The molecular weight excluding hydrogens is 559 g/mol. The normalized spacial score (nSPS) is 10.8. The van der Waals surface area contributed by atoms with Crippen LogP contribution >= 0.6 is 38.5 Å². The summed E-state index contributed by atoms with van der Waals surface area (Å²) in [6.07, 6.45) is 1.58. The van der Waals surface area contributed by atoms with Crippen molar-refractivity contribution in [3.63, 3.8) is 0 Å². The Balaban J connectivity index is 1.70. The van der Waals surface area contributed by atoms with Crippen molar-refractivity contribution in [2.45, 2.75) is 13.5 Å². The van der Waals surface area contributed by atoms with Crippen LogP contribution in [0.2, 0.25) is 0 Å². The van der Waals surface area contributed by atoms with Crippen LogP contribution in [0.4, 0.5) is 0 Å². The molecule has 0 bridgehead atoms. The first-order chi connectivity index (χ1) is 14.5. The van der Waals surface area contributed by atoms with Crippen LogP contribution in [0.3, 0.4) is 0 Å². The molecule has 0 saturated heterocycles. The summed E-state index contributed by atoms with van der Waals surface area (Å²) < 4.78 is 13.4. The van der Waals surface area contributed by atoms with Gasteiger partial charge in [0.1, 0.15) is 6.61 Å². The Bertz CT molecular complexity index is 1070. The van der Waals surface area contributed by atoms with E-state index in [9.17, 15) is 4.79 Å². The van der Waals surface area contributed by atoms with Crippen LogP contribution in [0.1, 0.15) is 27.0 Å². The first kappa shape index (κ1) is 22.3. The summed E-state index contributed by atoms with van der Waals surface area (Å²) in [6, 6.07) is 19.1. The van der Waals surface area contributed by atoms with E-state index in [1.165, 1.54) is 0 Å². The second-order valence-corrected chi connectivity index (χ2v) is 8.54. The number of hydrogen-bond donors (Lipinski definition) is 1. The summed E-state index contributed by atoms with van der Waals surface area (Å²) in [6.45, 7) is 2.32. The van der Waals surface area contributed by atoms with E-state index >= 15 is 0 Å². The zero-order chi connectivity index (χ0) is 21.5. The van der Waals surface area contributed by atoms with Gasteiger partial charge in [-0.2, -0.15) is 5.10 Å². The van der Waals surface area contributed by atoms with Gasteiger partial charge in [-0.05, 0) is 76.5 Å². The molecular formula is C23H20BrIN2O3. The number of carbonyl (C=O) groups excluding carboxylic acids is 1. The Morgan fingerprint density at radius 3 is 2.60 bits per heavy atom. The Morgan fingerprint density at radius 2 is 1.90 bits per heavy atom. The number of amides is 1. The van der Waals surface area contributed by atoms with Gasteiger partial charge in [-0.25, -0.2) is 5.43 Å². The molecule has 154 valence electrons. The van der Waals surface area contributed by atoms with E-state index in [1.807, 2.05) is 61.5 Å². The van der Waals surface area contributed by atoms with Crippen LogP contribution in [-0.2, 0) is 6.61 Å². The maximum atomic E-state index is 12.3. The number of aryl methyl sites for hydroxylation is 1. The fourth-order valence-corrected chi connectivity index (χ4v) is 3.79. The average Bonchev–Trinajstić information content (AvgIpc) is 2.74. The van der Waals surface area contributed by atoms with Gasteiger partial charge in [0.05, 0.1) is 16.9 Å². The molecule has 1 amide bonds. The average molecular weight is 579 g/mol. The largest absolute Gasteiger partial charge is 0.493 e. The monoisotopic (exact) mass is 578 g/mol. The van der Waals surface area contributed by atoms with Crippen molar-refractivity contribution in [1.82, 2.24) is 5.43 Å². The highest BCUT2D eigenvalue weighted by Crippen LogP contribution is 2.34. The zero-order valence-corrected chi connectivity index (χ0v) is 20.2. The molecule has 7 heteroatoms. The summed E-state index contributed by atoms with van der Waals surface area (Å²) in [5, 5.41) is 4.08. The second kappa shape index (κ2) is 10.6. The summed E-state index contributed by atoms with van der Waals surface area (Å²) >= 11 is 5.63. The molecule has 0 fully saturated rings. The van der Waals surface area contributed by atoms with Crippen molar-refractivity contribution >= 4 is 50.6 Å². The number of halogens is 2. The van der Waals surface area contributed by atoms with Crippen molar-refractivity contribution in [3.05, 3.63) is 91.0 Å². The molecule has 0 spiro atoms. The minimum Gasteiger partial charge on any atom is -0.493 e. The van der Waals surface area contributed by atoms with Crippen molar-refractivity contribution in [1.29, 1.82) is 0 Å². The molecule has 1 N–H and O–H groups in total. The molecule has 0 unspecified atom stereocenters. The number of methoxy groups -OCH3 is 1. The van der Waals surface area contributed by atoms with Crippen LogP contribution in [0, 0.1) is 10.5 Å².